The zero-order chi connectivity index (χ0) is 23.5. The number of hydrogen-bond acceptors (Lipinski definition) is 2. The molecule has 3 saturated carbocycles. The predicted octanol–water partition coefficient (Wildman–Crippen LogP) is 6.33. The van der Waals surface area contributed by atoms with Crippen LogP contribution in [0, 0.1) is 11.8 Å². The Morgan fingerprint density at radius 2 is 0.906 bits per heavy atom. The first-order chi connectivity index (χ1) is 14.9. The highest BCUT2D eigenvalue weighted by molar-refractivity contribution is 6.77. The van der Waals surface area contributed by atoms with Crippen LogP contribution in [-0.2, 0) is 9.59 Å². The topological polar surface area (TPSA) is 58.2 Å². The second-order valence-corrected chi connectivity index (χ2v) is 24.5. The summed E-state index contributed by atoms with van der Waals surface area (Å²) in [6, 6.07) is 0.470. The monoisotopic (exact) mass is 478 g/mol. The lowest BCUT2D eigenvalue weighted by Gasteiger charge is -2.37. The van der Waals surface area contributed by atoms with E-state index >= 15 is 0 Å². The van der Waals surface area contributed by atoms with Crippen molar-refractivity contribution < 1.29 is 9.59 Å². The molecule has 2 amide bonds. The van der Waals surface area contributed by atoms with E-state index in [1.807, 2.05) is 0 Å². The van der Waals surface area contributed by atoms with Crippen LogP contribution < -0.4 is 10.6 Å². The van der Waals surface area contributed by atoms with Crippen LogP contribution >= 0.6 is 0 Å². The van der Waals surface area contributed by atoms with Gasteiger partial charge in [-0.15, -0.1) is 0 Å². The van der Waals surface area contributed by atoms with E-state index in [0.29, 0.717) is 0 Å². The molecule has 0 aromatic rings. The van der Waals surface area contributed by atoms with Gasteiger partial charge in [0.05, 0.1) is 0 Å². The Morgan fingerprint density at radius 3 is 1.22 bits per heavy atom. The maximum absolute atomic E-state index is 12.9. The van der Waals surface area contributed by atoms with Crippen molar-refractivity contribution in [2.24, 2.45) is 11.8 Å². The first-order valence-corrected chi connectivity index (χ1v) is 20.7. The molecule has 0 bridgehead atoms. The Bertz CT molecular complexity index is 585. The third kappa shape index (κ3) is 7.18. The predicted molar refractivity (Wildman–Crippen MR) is 140 cm³/mol. The zero-order valence-electron chi connectivity index (χ0n) is 21.8. The molecule has 0 aromatic carbocycles. The van der Waals surface area contributed by atoms with Gasteiger partial charge >= 0.3 is 0 Å². The summed E-state index contributed by atoms with van der Waals surface area (Å²) in [7, 11) is -2.17. The fourth-order valence-corrected chi connectivity index (χ4v) is 10.7. The molecule has 0 radical (unpaired) electrons. The van der Waals surface area contributed by atoms with Crippen LogP contribution in [0.3, 0.4) is 0 Å². The van der Waals surface area contributed by atoms with Crippen molar-refractivity contribution in [3.8, 4) is 0 Å². The average molecular weight is 479 g/mol. The Morgan fingerprint density at radius 1 is 0.562 bits per heavy atom. The molecule has 0 spiro atoms. The van der Waals surface area contributed by atoms with Crippen molar-refractivity contribution in [3.63, 3.8) is 0 Å². The van der Waals surface area contributed by atoms with Crippen LogP contribution in [0.2, 0.25) is 50.4 Å². The SMILES string of the molecule is C[Si](C)(C)C1CCC(C(=O)NC2CCCC(NC(=O)C3CCC([Si](C)(C)C)CC3)C2)CC1. The molecule has 3 rings (SSSR count). The minimum absolute atomic E-state index is 0.208. The molecule has 2 atom stereocenters. The number of nitrogens with one attached hydrogen (secondary N) is 2. The minimum Gasteiger partial charge on any atom is -0.353 e. The normalized spacial score (nSPS) is 34.6. The third-order valence-electron chi connectivity index (χ3n) is 9.01. The minimum atomic E-state index is -1.09. The highest BCUT2D eigenvalue weighted by Crippen LogP contribution is 2.40. The summed E-state index contributed by atoms with van der Waals surface area (Å²) in [5.41, 5.74) is 1.75. The Hall–Kier alpha value is -0.626. The third-order valence-corrected chi connectivity index (χ3v) is 15.1. The van der Waals surface area contributed by atoms with E-state index < -0.39 is 16.1 Å². The van der Waals surface area contributed by atoms with Gasteiger partial charge in [-0.2, -0.15) is 0 Å². The zero-order valence-corrected chi connectivity index (χ0v) is 23.8. The first kappa shape index (κ1) is 26.0. The van der Waals surface area contributed by atoms with Crippen LogP contribution in [-0.4, -0.2) is 40.0 Å². The lowest BCUT2D eigenvalue weighted by atomic mass is 9.85. The number of rotatable bonds is 6. The van der Waals surface area contributed by atoms with Gasteiger partial charge < -0.3 is 10.6 Å². The van der Waals surface area contributed by atoms with Crippen molar-refractivity contribution in [2.45, 2.75) is 139 Å². The average Bonchev–Trinajstić information content (AvgIpc) is 2.73. The Balaban J connectivity index is 1.41. The second-order valence-electron chi connectivity index (χ2n) is 13.4. The van der Waals surface area contributed by atoms with Gasteiger partial charge in [0.1, 0.15) is 0 Å². The molecule has 0 heterocycles. The molecule has 2 unspecified atom stereocenters. The van der Waals surface area contributed by atoms with Gasteiger partial charge in [-0.3, -0.25) is 9.59 Å². The van der Waals surface area contributed by atoms with Gasteiger partial charge in [-0.25, -0.2) is 0 Å². The summed E-state index contributed by atoms with van der Waals surface area (Å²) in [6.07, 6.45) is 13.3. The molecule has 3 aliphatic rings. The molecule has 4 nitrogen and oxygen atoms in total. The van der Waals surface area contributed by atoms with Crippen molar-refractivity contribution >= 4 is 28.0 Å². The van der Waals surface area contributed by atoms with Crippen molar-refractivity contribution in [3.05, 3.63) is 0 Å². The van der Waals surface area contributed by atoms with Crippen molar-refractivity contribution in [1.82, 2.24) is 10.6 Å². The quantitative estimate of drug-likeness (QED) is 0.438. The lowest BCUT2D eigenvalue weighted by Crippen LogP contribution is -2.49. The number of carbonyl (C=O) groups is 2. The van der Waals surface area contributed by atoms with E-state index in [1.165, 1.54) is 25.7 Å². The highest BCUT2D eigenvalue weighted by atomic mass is 28.3. The summed E-state index contributed by atoms with van der Waals surface area (Å²) in [5.74, 6) is 0.972. The van der Waals surface area contributed by atoms with E-state index in [1.54, 1.807) is 0 Å². The molecule has 0 aliphatic heterocycles. The van der Waals surface area contributed by atoms with Crippen LogP contribution in [0.4, 0.5) is 0 Å². The summed E-state index contributed by atoms with van der Waals surface area (Å²) in [6.45, 7) is 14.8. The van der Waals surface area contributed by atoms with Gasteiger partial charge in [0.25, 0.3) is 0 Å². The van der Waals surface area contributed by atoms with Gasteiger partial charge in [0.2, 0.25) is 11.8 Å². The van der Waals surface area contributed by atoms with Crippen LogP contribution in [0.25, 0.3) is 0 Å². The maximum Gasteiger partial charge on any atom is 0.223 e. The molecule has 2 N–H and O–H groups in total. The molecular formula is C26H50N2O2Si2. The van der Waals surface area contributed by atoms with Gasteiger partial charge in [0.15, 0.2) is 0 Å². The standard InChI is InChI=1S/C26H50N2O2Si2/c1-31(2,3)23-14-10-19(11-15-23)25(29)27-21-8-7-9-22(18-21)28-26(30)20-12-16-24(17-13-20)32(4,5)6/h19-24H,7-18H2,1-6H3,(H,27,29)(H,28,30). The van der Waals surface area contributed by atoms with Crippen molar-refractivity contribution in [2.75, 3.05) is 0 Å². The maximum atomic E-state index is 12.9. The van der Waals surface area contributed by atoms with Gasteiger partial charge in [-0.1, -0.05) is 65.0 Å². The summed E-state index contributed by atoms with van der Waals surface area (Å²) >= 11 is 0. The molecule has 3 aliphatic carbocycles. The van der Waals surface area contributed by atoms with E-state index in [4.69, 9.17) is 0 Å². The van der Waals surface area contributed by atoms with E-state index in [9.17, 15) is 9.59 Å². The molecule has 0 aromatic heterocycles. The van der Waals surface area contributed by atoms with Crippen LogP contribution in [0.1, 0.15) is 77.0 Å². The molecule has 6 heteroatoms. The van der Waals surface area contributed by atoms with Gasteiger partial charge in [0, 0.05) is 40.1 Å². The fraction of sp³-hybridized carbons (Fsp3) is 0.923. The largest absolute Gasteiger partial charge is 0.353 e. The molecule has 184 valence electrons. The summed E-state index contributed by atoms with van der Waals surface area (Å²) < 4.78 is 0. The molecule has 3 fully saturated rings. The highest BCUT2D eigenvalue weighted by Gasteiger charge is 2.36. The van der Waals surface area contributed by atoms with Crippen LogP contribution in [0.15, 0.2) is 0 Å². The van der Waals surface area contributed by atoms with E-state index in [-0.39, 0.29) is 35.7 Å². The Labute approximate surface area is 199 Å². The van der Waals surface area contributed by atoms with Crippen LogP contribution in [0.5, 0.6) is 0 Å². The first-order valence-electron chi connectivity index (χ1n) is 13.5. The second kappa shape index (κ2) is 10.8. The number of hydrogen-bond donors (Lipinski definition) is 2. The summed E-state index contributed by atoms with van der Waals surface area (Å²) in [4.78, 5) is 25.9. The molecule has 32 heavy (non-hydrogen) atoms. The fourth-order valence-electron chi connectivity index (χ4n) is 6.53. The number of carbonyl (C=O) groups excluding carboxylic acids is 2. The molecule has 0 saturated heterocycles. The van der Waals surface area contributed by atoms with E-state index in [0.717, 1.165) is 62.4 Å². The van der Waals surface area contributed by atoms with Gasteiger partial charge in [-0.05, 0) is 62.4 Å². The number of amides is 2. The Kier molecular flexibility index (Phi) is 8.73. The smallest absolute Gasteiger partial charge is 0.223 e. The summed E-state index contributed by atoms with van der Waals surface area (Å²) in [5, 5.41) is 6.75. The lowest BCUT2D eigenvalue weighted by molar-refractivity contribution is -0.127. The van der Waals surface area contributed by atoms with E-state index in [2.05, 4.69) is 49.9 Å². The van der Waals surface area contributed by atoms with Crippen molar-refractivity contribution in [1.29, 1.82) is 0 Å². The molecular weight excluding hydrogens is 428 g/mol.